The summed E-state index contributed by atoms with van der Waals surface area (Å²) in [6.07, 6.45) is -0.656. The van der Waals surface area contributed by atoms with Crippen LogP contribution in [0.4, 0.5) is 4.79 Å². The summed E-state index contributed by atoms with van der Waals surface area (Å²) in [4.78, 5) is 40.1. The van der Waals surface area contributed by atoms with Gasteiger partial charge in [0.2, 0.25) is 0 Å². The number of cyclic esters (lactones) is 1. The summed E-state index contributed by atoms with van der Waals surface area (Å²) in [5.74, 6) is -1.38. The van der Waals surface area contributed by atoms with Crippen molar-refractivity contribution < 1.29 is 28.6 Å². The van der Waals surface area contributed by atoms with Crippen LogP contribution in [-0.4, -0.2) is 48.2 Å². The molecule has 1 aromatic carbocycles. The minimum Gasteiger partial charge on any atom is -0.456 e. The molecule has 7 nitrogen and oxygen atoms in total. The molecule has 158 valence electrons. The van der Waals surface area contributed by atoms with Gasteiger partial charge in [0.15, 0.2) is 5.78 Å². The molecule has 3 aliphatic heterocycles. The maximum Gasteiger partial charge on any atom is 0.419 e. The zero-order chi connectivity index (χ0) is 21.8. The number of ketones is 1. The normalized spacial score (nSPS) is 21.5. The molecule has 1 amide bonds. The third kappa shape index (κ3) is 3.56. The predicted molar refractivity (Wildman–Crippen MR) is 116 cm³/mol. The van der Waals surface area contributed by atoms with Crippen molar-refractivity contribution in [2.75, 3.05) is 19.8 Å². The lowest BCUT2D eigenvalue weighted by Gasteiger charge is -2.38. The zero-order valence-corrected chi connectivity index (χ0v) is 19.4. The molecule has 30 heavy (non-hydrogen) atoms. The van der Waals surface area contributed by atoms with Gasteiger partial charge in [0.05, 0.1) is 23.6 Å². The molecule has 1 atom stereocenters. The highest BCUT2D eigenvalue weighted by Crippen LogP contribution is 2.46. The van der Waals surface area contributed by atoms with Crippen molar-refractivity contribution in [2.45, 2.75) is 39.2 Å². The number of benzene rings is 1. The van der Waals surface area contributed by atoms with E-state index in [4.69, 9.17) is 14.2 Å². The molecule has 0 spiro atoms. The fourth-order valence-electron chi connectivity index (χ4n) is 3.90. The van der Waals surface area contributed by atoms with Crippen LogP contribution in [-0.2, 0) is 23.8 Å². The van der Waals surface area contributed by atoms with Crippen LogP contribution in [0.1, 0.15) is 37.8 Å². The van der Waals surface area contributed by atoms with Crippen molar-refractivity contribution in [1.29, 1.82) is 0 Å². The molecule has 0 aromatic heterocycles. The van der Waals surface area contributed by atoms with E-state index in [1.54, 1.807) is 20.8 Å². The number of hydrogen-bond donors (Lipinski definition) is 0. The Morgan fingerprint density at radius 1 is 1.13 bits per heavy atom. The monoisotopic (exact) mass is 523 g/mol. The number of nitrogens with zero attached hydrogens (tertiary/aromatic N) is 1. The molecule has 8 heteroatoms. The molecule has 3 aliphatic rings. The molecule has 1 aromatic rings. The van der Waals surface area contributed by atoms with Gasteiger partial charge in [0, 0.05) is 15.1 Å². The fourth-order valence-corrected chi connectivity index (χ4v) is 4.44. The molecule has 0 fully saturated rings. The first-order valence-electron chi connectivity index (χ1n) is 9.62. The van der Waals surface area contributed by atoms with Crippen LogP contribution >= 0.6 is 22.6 Å². The van der Waals surface area contributed by atoms with E-state index in [1.807, 2.05) is 25.1 Å². The fraction of sp³-hybridized carbons (Fsp3) is 0.409. The van der Waals surface area contributed by atoms with E-state index < -0.39 is 23.6 Å². The molecule has 0 N–H and O–H groups in total. The Labute approximate surface area is 188 Å². The Kier molecular flexibility index (Phi) is 5.26. The third-order valence-electron chi connectivity index (χ3n) is 5.18. The van der Waals surface area contributed by atoms with Crippen molar-refractivity contribution in [3.05, 3.63) is 55.4 Å². The predicted octanol–water partition coefficient (Wildman–Crippen LogP) is 3.60. The number of rotatable bonds is 1. The largest absolute Gasteiger partial charge is 0.456 e. The van der Waals surface area contributed by atoms with E-state index in [-0.39, 0.29) is 25.6 Å². The van der Waals surface area contributed by atoms with Gasteiger partial charge in [-0.2, -0.15) is 0 Å². The Bertz CT molecular complexity index is 1030. The van der Waals surface area contributed by atoms with Crippen LogP contribution in [0.15, 0.2) is 40.7 Å². The van der Waals surface area contributed by atoms with Gasteiger partial charge in [-0.3, -0.25) is 4.79 Å². The number of aryl methyl sites for hydroxylation is 1. The van der Waals surface area contributed by atoms with Gasteiger partial charge in [-0.15, -0.1) is 0 Å². The second-order valence-corrected chi connectivity index (χ2v) is 9.63. The summed E-state index contributed by atoms with van der Waals surface area (Å²) in [5.41, 5.74) is 2.69. The first kappa shape index (κ1) is 21.0. The molecule has 1 unspecified atom stereocenters. The van der Waals surface area contributed by atoms with Crippen molar-refractivity contribution in [1.82, 2.24) is 4.90 Å². The number of ether oxygens (including phenoxy) is 3. The first-order chi connectivity index (χ1) is 14.1. The third-order valence-corrected chi connectivity index (χ3v) is 6.34. The van der Waals surface area contributed by atoms with E-state index in [2.05, 4.69) is 22.6 Å². The van der Waals surface area contributed by atoms with Crippen LogP contribution < -0.4 is 0 Å². The lowest BCUT2D eigenvalue weighted by atomic mass is 9.78. The number of carbonyl (C=O) groups excluding carboxylic acids is 3. The SMILES string of the molecule is Cc1ccc(C2C3=C(COCC3=O)N(C(=O)OC(C)(C)C)C3=C2C(=O)OC3)cc1I. The second-order valence-electron chi connectivity index (χ2n) is 8.47. The minimum atomic E-state index is -0.745. The standard InChI is InChI=1S/C22H22INO6/c1-11-5-6-12(7-13(11)23)17-18-14(8-28-10-16(18)25)24(21(27)30-22(2,3)4)15-9-29-20(26)19(15)17/h5-7,17H,8-10H2,1-4H3. The van der Waals surface area contributed by atoms with Crippen molar-refractivity contribution >= 4 is 40.4 Å². The zero-order valence-electron chi connectivity index (χ0n) is 17.2. The highest BCUT2D eigenvalue weighted by molar-refractivity contribution is 14.1. The lowest BCUT2D eigenvalue weighted by Crippen LogP contribution is -2.44. The summed E-state index contributed by atoms with van der Waals surface area (Å²) in [7, 11) is 0. The van der Waals surface area contributed by atoms with Gasteiger partial charge in [-0.05, 0) is 67.5 Å². The molecule has 0 aliphatic carbocycles. The molecule has 0 saturated carbocycles. The van der Waals surface area contributed by atoms with Crippen LogP contribution in [0.2, 0.25) is 0 Å². The summed E-state index contributed by atoms with van der Waals surface area (Å²) in [6.45, 7) is 7.19. The molecule has 0 radical (unpaired) electrons. The number of carbonyl (C=O) groups is 3. The lowest BCUT2D eigenvalue weighted by molar-refractivity contribution is -0.136. The summed E-state index contributed by atoms with van der Waals surface area (Å²) in [5, 5.41) is 0. The molecule has 3 heterocycles. The molecular formula is C22H22INO6. The highest BCUT2D eigenvalue weighted by Gasteiger charge is 2.48. The number of amides is 1. The maximum absolute atomic E-state index is 13.1. The molecule has 0 saturated heterocycles. The summed E-state index contributed by atoms with van der Waals surface area (Å²) >= 11 is 2.23. The average molecular weight is 523 g/mol. The van der Waals surface area contributed by atoms with Gasteiger partial charge < -0.3 is 14.2 Å². The second kappa shape index (κ2) is 7.49. The van der Waals surface area contributed by atoms with E-state index in [9.17, 15) is 14.4 Å². The van der Waals surface area contributed by atoms with Crippen molar-refractivity contribution in [3.63, 3.8) is 0 Å². The van der Waals surface area contributed by atoms with Gasteiger partial charge in [-0.1, -0.05) is 12.1 Å². The van der Waals surface area contributed by atoms with Crippen LogP contribution in [0, 0.1) is 10.5 Å². The minimum absolute atomic E-state index is 0.0577. The summed E-state index contributed by atoms with van der Waals surface area (Å²) in [6, 6.07) is 5.84. The molecular weight excluding hydrogens is 501 g/mol. The molecule has 4 rings (SSSR count). The van der Waals surface area contributed by atoms with Crippen LogP contribution in [0.5, 0.6) is 0 Å². The van der Waals surface area contributed by atoms with Gasteiger partial charge >= 0.3 is 12.1 Å². The quantitative estimate of drug-likeness (QED) is 0.414. The smallest absolute Gasteiger partial charge is 0.419 e. The van der Waals surface area contributed by atoms with E-state index >= 15 is 0 Å². The summed E-state index contributed by atoms with van der Waals surface area (Å²) < 4.78 is 17.4. The van der Waals surface area contributed by atoms with Gasteiger partial charge in [-0.25, -0.2) is 14.5 Å². The van der Waals surface area contributed by atoms with Crippen LogP contribution in [0.3, 0.4) is 0 Å². The Morgan fingerprint density at radius 3 is 2.50 bits per heavy atom. The topological polar surface area (TPSA) is 82.1 Å². The van der Waals surface area contributed by atoms with E-state index in [0.29, 0.717) is 22.5 Å². The number of esters is 1. The highest BCUT2D eigenvalue weighted by atomic mass is 127. The number of halogens is 1. The number of Topliss-reactive ketones (excluding diaryl/α,β-unsaturated/α-hetero) is 1. The average Bonchev–Trinajstić information content (AvgIpc) is 3.02. The molecule has 0 bridgehead atoms. The first-order valence-corrected chi connectivity index (χ1v) is 10.7. The Balaban J connectivity index is 1.92. The van der Waals surface area contributed by atoms with Crippen molar-refractivity contribution in [2.24, 2.45) is 0 Å². The van der Waals surface area contributed by atoms with E-state index in [0.717, 1.165) is 14.7 Å². The van der Waals surface area contributed by atoms with Crippen molar-refractivity contribution in [3.8, 4) is 0 Å². The van der Waals surface area contributed by atoms with Gasteiger partial charge in [0.1, 0.15) is 18.8 Å². The maximum atomic E-state index is 13.1. The Hall–Kier alpha value is -2.20. The van der Waals surface area contributed by atoms with Gasteiger partial charge in [0.25, 0.3) is 0 Å². The number of hydrogen-bond acceptors (Lipinski definition) is 6. The Morgan fingerprint density at radius 2 is 1.83 bits per heavy atom. The van der Waals surface area contributed by atoms with Crippen LogP contribution in [0.25, 0.3) is 0 Å². The van der Waals surface area contributed by atoms with E-state index in [1.165, 1.54) is 4.90 Å².